The molecule has 0 saturated heterocycles. The van der Waals surface area contributed by atoms with Crippen molar-refractivity contribution in [1.29, 1.82) is 0 Å². The summed E-state index contributed by atoms with van der Waals surface area (Å²) >= 11 is 5.38. The Morgan fingerprint density at radius 2 is 2.14 bits per heavy atom. The molecule has 0 heterocycles. The van der Waals surface area contributed by atoms with E-state index in [1.807, 2.05) is 0 Å². The summed E-state index contributed by atoms with van der Waals surface area (Å²) in [4.78, 5) is 0. The Morgan fingerprint density at radius 3 is 2.71 bits per heavy atom. The SMILES string of the molecule is CNCCc1cc(F)c(F)c(Cl)c1O. The molecule has 1 aromatic rings. The molecule has 0 aromatic heterocycles. The molecular weight excluding hydrogens is 212 g/mol. The van der Waals surface area contributed by atoms with Gasteiger partial charge in [-0.25, -0.2) is 8.78 Å². The normalized spacial score (nSPS) is 10.6. The van der Waals surface area contributed by atoms with E-state index in [1.165, 1.54) is 0 Å². The second-order valence-electron chi connectivity index (χ2n) is 2.85. The molecule has 0 aliphatic rings. The molecule has 0 unspecified atom stereocenters. The number of phenols is 1. The van der Waals surface area contributed by atoms with Crippen molar-refractivity contribution < 1.29 is 13.9 Å². The molecule has 0 fully saturated rings. The number of hydrogen-bond acceptors (Lipinski definition) is 2. The van der Waals surface area contributed by atoms with Gasteiger partial charge < -0.3 is 10.4 Å². The van der Waals surface area contributed by atoms with Crippen LogP contribution in [0.5, 0.6) is 5.75 Å². The first-order chi connectivity index (χ1) is 6.57. The Morgan fingerprint density at radius 1 is 1.50 bits per heavy atom. The number of halogens is 3. The van der Waals surface area contributed by atoms with Crippen LogP contribution in [0.3, 0.4) is 0 Å². The Labute approximate surface area is 85.5 Å². The molecule has 78 valence electrons. The Hall–Kier alpha value is -0.870. The fourth-order valence-corrected chi connectivity index (χ4v) is 1.30. The molecule has 0 saturated carbocycles. The molecule has 2 nitrogen and oxygen atoms in total. The van der Waals surface area contributed by atoms with Crippen LogP contribution in [0, 0.1) is 11.6 Å². The molecule has 0 bridgehead atoms. The van der Waals surface area contributed by atoms with E-state index in [-0.39, 0.29) is 5.75 Å². The second-order valence-corrected chi connectivity index (χ2v) is 3.23. The zero-order chi connectivity index (χ0) is 10.7. The summed E-state index contributed by atoms with van der Waals surface area (Å²) in [6.45, 7) is 0.551. The van der Waals surface area contributed by atoms with Gasteiger partial charge in [0.2, 0.25) is 0 Å². The first-order valence-corrected chi connectivity index (χ1v) is 4.45. The molecule has 0 radical (unpaired) electrons. The highest BCUT2D eigenvalue weighted by atomic mass is 35.5. The number of phenolic OH excluding ortho intramolecular Hbond substituents is 1. The Bertz CT molecular complexity index is 344. The maximum atomic E-state index is 12.9. The minimum absolute atomic E-state index is 0.295. The van der Waals surface area contributed by atoms with Gasteiger partial charge in [0.25, 0.3) is 0 Å². The molecule has 14 heavy (non-hydrogen) atoms. The van der Waals surface area contributed by atoms with Crippen molar-refractivity contribution in [3.63, 3.8) is 0 Å². The molecule has 5 heteroatoms. The van der Waals surface area contributed by atoms with Crippen LogP contribution in [-0.4, -0.2) is 18.7 Å². The van der Waals surface area contributed by atoms with Crippen molar-refractivity contribution in [2.75, 3.05) is 13.6 Å². The number of rotatable bonds is 3. The number of likely N-dealkylation sites (N-methyl/N-ethyl adjacent to an activating group) is 1. The number of benzene rings is 1. The van der Waals surface area contributed by atoms with Gasteiger partial charge >= 0.3 is 0 Å². The monoisotopic (exact) mass is 221 g/mol. The first-order valence-electron chi connectivity index (χ1n) is 4.08. The maximum absolute atomic E-state index is 12.9. The Kier molecular flexibility index (Phi) is 3.66. The van der Waals surface area contributed by atoms with E-state index in [4.69, 9.17) is 11.6 Å². The molecule has 0 atom stereocenters. The van der Waals surface area contributed by atoms with E-state index in [9.17, 15) is 13.9 Å². The van der Waals surface area contributed by atoms with Crippen molar-refractivity contribution in [1.82, 2.24) is 5.32 Å². The first kappa shape index (κ1) is 11.2. The van der Waals surface area contributed by atoms with E-state index >= 15 is 0 Å². The van der Waals surface area contributed by atoms with Crippen LogP contribution in [0.2, 0.25) is 5.02 Å². The van der Waals surface area contributed by atoms with E-state index < -0.39 is 16.7 Å². The highest BCUT2D eigenvalue weighted by molar-refractivity contribution is 6.32. The van der Waals surface area contributed by atoms with Crippen LogP contribution in [-0.2, 0) is 6.42 Å². The van der Waals surface area contributed by atoms with E-state index in [1.54, 1.807) is 7.05 Å². The third-order valence-corrected chi connectivity index (χ3v) is 2.20. The van der Waals surface area contributed by atoms with Crippen LogP contribution >= 0.6 is 11.6 Å². The minimum Gasteiger partial charge on any atom is -0.506 e. The molecule has 1 rings (SSSR count). The van der Waals surface area contributed by atoms with Crippen molar-refractivity contribution in [3.8, 4) is 5.75 Å². The lowest BCUT2D eigenvalue weighted by atomic mass is 10.1. The largest absolute Gasteiger partial charge is 0.506 e. The predicted molar refractivity (Wildman–Crippen MR) is 50.7 cm³/mol. The quantitative estimate of drug-likeness (QED) is 0.766. The van der Waals surface area contributed by atoms with Gasteiger partial charge in [-0.05, 0) is 31.6 Å². The van der Waals surface area contributed by atoms with Crippen molar-refractivity contribution in [2.45, 2.75) is 6.42 Å². The van der Waals surface area contributed by atoms with Gasteiger partial charge in [-0.15, -0.1) is 0 Å². The van der Waals surface area contributed by atoms with Crippen molar-refractivity contribution in [3.05, 3.63) is 28.3 Å². The van der Waals surface area contributed by atoms with Gasteiger partial charge in [-0.2, -0.15) is 0 Å². The maximum Gasteiger partial charge on any atom is 0.181 e. The summed E-state index contributed by atoms with van der Waals surface area (Å²) in [7, 11) is 1.72. The summed E-state index contributed by atoms with van der Waals surface area (Å²) in [6, 6.07) is 0.952. The van der Waals surface area contributed by atoms with Crippen molar-refractivity contribution >= 4 is 11.6 Å². The fraction of sp³-hybridized carbons (Fsp3) is 0.333. The molecule has 1 aromatic carbocycles. The van der Waals surface area contributed by atoms with Crippen LogP contribution in [0.25, 0.3) is 0 Å². The highest BCUT2D eigenvalue weighted by Crippen LogP contribution is 2.31. The standard InChI is InChI=1S/C9H10ClF2NO/c1-13-3-2-5-4-6(11)8(12)7(10)9(5)14/h4,13-14H,2-3H2,1H3. The summed E-state index contributed by atoms with van der Waals surface area (Å²) in [5, 5.41) is 11.6. The third-order valence-electron chi connectivity index (χ3n) is 1.86. The van der Waals surface area contributed by atoms with E-state index in [0.29, 0.717) is 18.5 Å². The van der Waals surface area contributed by atoms with E-state index in [0.717, 1.165) is 6.07 Å². The highest BCUT2D eigenvalue weighted by Gasteiger charge is 2.15. The van der Waals surface area contributed by atoms with Crippen LogP contribution in [0.1, 0.15) is 5.56 Å². The smallest absolute Gasteiger partial charge is 0.181 e. The topological polar surface area (TPSA) is 32.3 Å². The average molecular weight is 222 g/mol. The summed E-state index contributed by atoms with van der Waals surface area (Å²) in [6.07, 6.45) is 0.388. The van der Waals surface area contributed by atoms with Gasteiger partial charge in [0, 0.05) is 0 Å². The van der Waals surface area contributed by atoms with Crippen LogP contribution in [0.15, 0.2) is 6.07 Å². The third kappa shape index (κ3) is 2.13. The average Bonchev–Trinajstić information content (AvgIpc) is 2.18. The molecule has 0 aliphatic carbocycles. The molecule has 0 aliphatic heterocycles. The minimum atomic E-state index is -1.21. The summed E-state index contributed by atoms with van der Waals surface area (Å²) < 4.78 is 25.7. The lowest BCUT2D eigenvalue weighted by Crippen LogP contribution is -2.10. The number of aromatic hydroxyl groups is 1. The fourth-order valence-electron chi connectivity index (χ4n) is 1.08. The molecule has 2 N–H and O–H groups in total. The van der Waals surface area contributed by atoms with Crippen molar-refractivity contribution in [2.24, 2.45) is 0 Å². The lowest BCUT2D eigenvalue weighted by molar-refractivity contribution is 0.447. The van der Waals surface area contributed by atoms with Gasteiger partial charge in [0.1, 0.15) is 10.8 Å². The zero-order valence-corrected chi connectivity index (χ0v) is 8.33. The second kappa shape index (κ2) is 4.57. The number of nitrogens with one attached hydrogen (secondary N) is 1. The van der Waals surface area contributed by atoms with Gasteiger partial charge in [-0.1, -0.05) is 11.6 Å². The lowest BCUT2D eigenvalue weighted by Gasteiger charge is -2.07. The summed E-state index contributed by atoms with van der Waals surface area (Å²) in [5.74, 6) is -2.64. The van der Waals surface area contributed by atoms with Gasteiger partial charge in [-0.3, -0.25) is 0 Å². The predicted octanol–water partition coefficient (Wildman–Crippen LogP) is 2.09. The van der Waals surface area contributed by atoms with E-state index in [2.05, 4.69) is 5.32 Å². The molecule has 0 spiro atoms. The van der Waals surface area contributed by atoms with Crippen LogP contribution in [0.4, 0.5) is 8.78 Å². The molecule has 0 amide bonds. The number of hydrogen-bond donors (Lipinski definition) is 2. The van der Waals surface area contributed by atoms with Gasteiger partial charge in [0.05, 0.1) is 0 Å². The molecular formula is C9H10ClF2NO. The summed E-state index contributed by atoms with van der Waals surface area (Å²) in [5.41, 5.74) is 0.295. The van der Waals surface area contributed by atoms with Gasteiger partial charge in [0.15, 0.2) is 11.6 Å². The van der Waals surface area contributed by atoms with Crippen LogP contribution < -0.4 is 5.32 Å². The Balaban J connectivity index is 3.06. The zero-order valence-electron chi connectivity index (χ0n) is 7.57.